The maximum atomic E-state index is 3.84. The zero-order valence-corrected chi connectivity index (χ0v) is 13.9. The van der Waals surface area contributed by atoms with Gasteiger partial charge in [0.05, 0.1) is 0 Å². The van der Waals surface area contributed by atoms with E-state index in [9.17, 15) is 0 Å². The summed E-state index contributed by atoms with van der Waals surface area (Å²) in [4.78, 5) is 0. The van der Waals surface area contributed by atoms with Gasteiger partial charge in [0.1, 0.15) is 0 Å². The first-order chi connectivity index (χ1) is 9.17. The molecule has 0 aromatic carbocycles. The predicted molar refractivity (Wildman–Crippen MR) is 86.5 cm³/mol. The van der Waals surface area contributed by atoms with Crippen molar-refractivity contribution in [1.29, 1.82) is 0 Å². The van der Waals surface area contributed by atoms with Crippen molar-refractivity contribution in [2.75, 3.05) is 6.54 Å². The minimum atomic E-state index is 0.796. The third-order valence-electron chi connectivity index (χ3n) is 4.87. The molecule has 0 aliphatic heterocycles. The summed E-state index contributed by atoms with van der Waals surface area (Å²) >= 11 is 0. The van der Waals surface area contributed by atoms with Gasteiger partial charge in [-0.25, -0.2) is 0 Å². The summed E-state index contributed by atoms with van der Waals surface area (Å²) in [6, 6.07) is 0.796. The third kappa shape index (κ3) is 6.79. The Kier molecular flexibility index (Phi) is 8.77. The van der Waals surface area contributed by atoms with Gasteiger partial charge in [-0.15, -0.1) is 0 Å². The third-order valence-corrected chi connectivity index (χ3v) is 4.87. The molecule has 1 heteroatoms. The van der Waals surface area contributed by atoms with E-state index in [1.54, 1.807) is 0 Å². The summed E-state index contributed by atoms with van der Waals surface area (Å²) in [5.41, 5.74) is 0. The van der Waals surface area contributed by atoms with Crippen LogP contribution in [0, 0.1) is 17.8 Å². The zero-order valence-electron chi connectivity index (χ0n) is 13.9. The van der Waals surface area contributed by atoms with E-state index in [1.807, 2.05) is 0 Å². The molecule has 1 fully saturated rings. The summed E-state index contributed by atoms with van der Waals surface area (Å²) in [5, 5.41) is 3.84. The molecule has 0 saturated heterocycles. The molecular formula is C18H37N. The average Bonchev–Trinajstić information content (AvgIpc) is 2.40. The molecule has 1 atom stereocenters. The highest BCUT2D eigenvalue weighted by atomic mass is 14.9. The van der Waals surface area contributed by atoms with Crippen molar-refractivity contribution in [2.24, 2.45) is 17.8 Å². The minimum absolute atomic E-state index is 0.796. The van der Waals surface area contributed by atoms with Gasteiger partial charge < -0.3 is 5.32 Å². The van der Waals surface area contributed by atoms with Gasteiger partial charge in [0, 0.05) is 6.04 Å². The highest BCUT2D eigenvalue weighted by Gasteiger charge is 2.26. The molecule has 1 aliphatic carbocycles. The van der Waals surface area contributed by atoms with E-state index in [2.05, 4.69) is 33.0 Å². The first kappa shape index (κ1) is 17.0. The van der Waals surface area contributed by atoms with Crippen molar-refractivity contribution in [2.45, 2.75) is 91.5 Å². The van der Waals surface area contributed by atoms with Gasteiger partial charge in [0.2, 0.25) is 0 Å². The van der Waals surface area contributed by atoms with Gasteiger partial charge in [0.15, 0.2) is 0 Å². The molecule has 0 bridgehead atoms. The molecule has 1 unspecified atom stereocenters. The summed E-state index contributed by atoms with van der Waals surface area (Å²) in [5.74, 6) is 2.85. The second-order valence-corrected chi connectivity index (χ2v) is 7.10. The van der Waals surface area contributed by atoms with E-state index in [0.717, 1.165) is 23.8 Å². The number of rotatable bonds is 9. The lowest BCUT2D eigenvalue weighted by molar-refractivity contribution is 0.202. The molecule has 1 saturated carbocycles. The van der Waals surface area contributed by atoms with Crippen LogP contribution >= 0.6 is 0 Å². The SMILES string of the molecule is CCCNC(CCC(C)C)C1CCC(CCC)CC1. The van der Waals surface area contributed by atoms with Crippen molar-refractivity contribution in [3.63, 3.8) is 0 Å². The molecule has 114 valence electrons. The molecule has 1 N–H and O–H groups in total. The predicted octanol–water partition coefficient (Wildman–Crippen LogP) is 5.40. The van der Waals surface area contributed by atoms with Gasteiger partial charge in [-0.1, -0.05) is 53.4 Å². The van der Waals surface area contributed by atoms with E-state index < -0.39 is 0 Å². The van der Waals surface area contributed by atoms with Gasteiger partial charge >= 0.3 is 0 Å². The smallest absolute Gasteiger partial charge is 0.00954 e. The van der Waals surface area contributed by atoms with Crippen LogP contribution in [0.25, 0.3) is 0 Å². The van der Waals surface area contributed by atoms with Crippen molar-refractivity contribution in [3.8, 4) is 0 Å². The quantitative estimate of drug-likeness (QED) is 0.590. The average molecular weight is 268 g/mol. The van der Waals surface area contributed by atoms with Crippen LogP contribution in [-0.4, -0.2) is 12.6 Å². The van der Waals surface area contributed by atoms with Gasteiger partial charge in [-0.2, -0.15) is 0 Å². The lowest BCUT2D eigenvalue weighted by Gasteiger charge is -2.35. The second-order valence-electron chi connectivity index (χ2n) is 7.10. The van der Waals surface area contributed by atoms with Crippen molar-refractivity contribution >= 4 is 0 Å². The van der Waals surface area contributed by atoms with Gasteiger partial charge in [-0.3, -0.25) is 0 Å². The Balaban J connectivity index is 2.37. The van der Waals surface area contributed by atoms with Crippen LogP contribution in [0.15, 0.2) is 0 Å². The van der Waals surface area contributed by atoms with E-state index in [4.69, 9.17) is 0 Å². The fraction of sp³-hybridized carbons (Fsp3) is 1.00. The Morgan fingerprint density at radius 2 is 1.63 bits per heavy atom. The molecule has 0 aromatic rings. The lowest BCUT2D eigenvalue weighted by atomic mass is 9.76. The summed E-state index contributed by atoms with van der Waals surface area (Å²) in [6.07, 6.45) is 12.8. The lowest BCUT2D eigenvalue weighted by Crippen LogP contribution is -2.38. The van der Waals surface area contributed by atoms with E-state index >= 15 is 0 Å². The maximum absolute atomic E-state index is 3.84. The van der Waals surface area contributed by atoms with Crippen LogP contribution in [-0.2, 0) is 0 Å². The Morgan fingerprint density at radius 1 is 0.947 bits per heavy atom. The van der Waals surface area contributed by atoms with Crippen LogP contribution in [0.5, 0.6) is 0 Å². The summed E-state index contributed by atoms with van der Waals surface area (Å²) in [6.45, 7) is 10.5. The molecule has 1 aliphatic rings. The van der Waals surface area contributed by atoms with Crippen molar-refractivity contribution in [3.05, 3.63) is 0 Å². The molecule has 1 rings (SSSR count). The number of hydrogen-bond donors (Lipinski definition) is 1. The summed E-state index contributed by atoms with van der Waals surface area (Å²) < 4.78 is 0. The van der Waals surface area contributed by atoms with E-state index in [1.165, 1.54) is 64.3 Å². The monoisotopic (exact) mass is 267 g/mol. The molecule has 1 nitrogen and oxygen atoms in total. The van der Waals surface area contributed by atoms with Crippen LogP contribution in [0.1, 0.15) is 85.5 Å². The number of nitrogens with one attached hydrogen (secondary N) is 1. The Labute approximate surface area is 121 Å². The largest absolute Gasteiger partial charge is 0.314 e. The Hall–Kier alpha value is -0.0400. The van der Waals surface area contributed by atoms with Crippen LogP contribution < -0.4 is 5.32 Å². The van der Waals surface area contributed by atoms with Crippen LogP contribution in [0.3, 0.4) is 0 Å². The molecule has 0 heterocycles. The molecule has 0 amide bonds. The second kappa shape index (κ2) is 9.80. The summed E-state index contributed by atoms with van der Waals surface area (Å²) in [7, 11) is 0. The first-order valence-electron chi connectivity index (χ1n) is 8.90. The van der Waals surface area contributed by atoms with Gasteiger partial charge in [0.25, 0.3) is 0 Å². The first-order valence-corrected chi connectivity index (χ1v) is 8.90. The van der Waals surface area contributed by atoms with Crippen LogP contribution in [0.4, 0.5) is 0 Å². The fourth-order valence-electron chi connectivity index (χ4n) is 3.63. The Morgan fingerprint density at radius 3 is 2.16 bits per heavy atom. The molecule has 0 aromatic heterocycles. The number of hydrogen-bond acceptors (Lipinski definition) is 1. The van der Waals surface area contributed by atoms with E-state index in [0.29, 0.717) is 0 Å². The minimum Gasteiger partial charge on any atom is -0.314 e. The van der Waals surface area contributed by atoms with Gasteiger partial charge in [-0.05, 0) is 56.4 Å². The highest BCUT2D eigenvalue weighted by Crippen LogP contribution is 2.34. The highest BCUT2D eigenvalue weighted by molar-refractivity contribution is 4.82. The standard InChI is InChI=1S/C18H37N/c1-5-7-16-9-11-17(12-10-16)18(19-14-6-2)13-8-15(3)4/h15-19H,5-14H2,1-4H3. The molecule has 19 heavy (non-hydrogen) atoms. The molecule has 0 spiro atoms. The topological polar surface area (TPSA) is 12.0 Å². The normalized spacial score (nSPS) is 25.7. The Bertz CT molecular complexity index is 204. The van der Waals surface area contributed by atoms with Crippen molar-refractivity contribution in [1.82, 2.24) is 5.32 Å². The van der Waals surface area contributed by atoms with Crippen molar-refractivity contribution < 1.29 is 0 Å². The fourth-order valence-corrected chi connectivity index (χ4v) is 3.63. The zero-order chi connectivity index (χ0) is 14.1. The molecular weight excluding hydrogens is 230 g/mol. The van der Waals surface area contributed by atoms with Crippen LogP contribution in [0.2, 0.25) is 0 Å². The van der Waals surface area contributed by atoms with E-state index in [-0.39, 0.29) is 0 Å². The molecule has 0 radical (unpaired) electrons. The maximum Gasteiger partial charge on any atom is 0.00954 e.